The molecule has 3 N–H and O–H groups in total. The SMILES string of the molecule is CC1Cc2c(NC3C4CCC(CC4)C3C(=O)O)nc(-c3c[nH]c4c(F)cc(F)cc34)nc2N1c1ccccc1. The molecule has 200 valence electrons. The maximum Gasteiger partial charge on any atom is 0.308 e. The first-order chi connectivity index (χ1) is 18.9. The van der Waals surface area contributed by atoms with Crippen molar-refractivity contribution in [2.45, 2.75) is 51.1 Å². The molecule has 9 heteroatoms. The van der Waals surface area contributed by atoms with Gasteiger partial charge in [0.25, 0.3) is 0 Å². The number of carboxylic acids is 1. The summed E-state index contributed by atoms with van der Waals surface area (Å²) in [4.78, 5) is 27.3. The van der Waals surface area contributed by atoms with Gasteiger partial charge >= 0.3 is 5.97 Å². The third-order valence-corrected chi connectivity index (χ3v) is 8.94. The van der Waals surface area contributed by atoms with Crippen molar-refractivity contribution >= 4 is 34.2 Å². The first kappa shape index (κ1) is 24.1. The van der Waals surface area contributed by atoms with Crippen LogP contribution in [-0.4, -0.2) is 38.1 Å². The summed E-state index contributed by atoms with van der Waals surface area (Å²) in [5.41, 5.74) is 2.59. The third-order valence-electron chi connectivity index (χ3n) is 8.94. The fourth-order valence-corrected chi connectivity index (χ4v) is 7.17. The first-order valence-corrected chi connectivity index (χ1v) is 13.6. The Morgan fingerprint density at radius 3 is 2.56 bits per heavy atom. The Hall–Kier alpha value is -4.01. The molecule has 3 unspecified atom stereocenters. The molecule has 3 fully saturated rings. The van der Waals surface area contributed by atoms with Gasteiger partial charge in [0, 0.05) is 53.0 Å². The Kier molecular flexibility index (Phi) is 5.57. The van der Waals surface area contributed by atoms with E-state index in [1.54, 1.807) is 6.20 Å². The number of halogens is 2. The summed E-state index contributed by atoms with van der Waals surface area (Å²) in [7, 11) is 0. The van der Waals surface area contributed by atoms with Gasteiger partial charge in [-0.05, 0) is 62.6 Å². The topological polar surface area (TPSA) is 94.1 Å². The second kappa shape index (κ2) is 9.03. The average Bonchev–Trinajstić information content (AvgIpc) is 3.50. The zero-order valence-corrected chi connectivity index (χ0v) is 21.5. The number of aliphatic carboxylic acids is 1. The number of fused-ring (bicyclic) bond motifs is 5. The van der Waals surface area contributed by atoms with Gasteiger partial charge in [-0.3, -0.25) is 4.79 Å². The number of hydrogen-bond donors (Lipinski definition) is 3. The maximum atomic E-state index is 14.5. The molecule has 0 amide bonds. The van der Waals surface area contributed by atoms with Crippen LogP contribution >= 0.6 is 0 Å². The Labute approximate surface area is 224 Å². The van der Waals surface area contributed by atoms with Gasteiger partial charge in [0.05, 0.1) is 11.4 Å². The van der Waals surface area contributed by atoms with Crippen molar-refractivity contribution in [3.8, 4) is 11.4 Å². The van der Waals surface area contributed by atoms with Crippen LogP contribution in [0, 0.1) is 29.4 Å². The lowest BCUT2D eigenvalue weighted by Gasteiger charge is -2.47. The highest BCUT2D eigenvalue weighted by Crippen LogP contribution is 2.48. The lowest BCUT2D eigenvalue weighted by molar-refractivity contribution is -0.148. The van der Waals surface area contributed by atoms with Crippen LogP contribution in [0.5, 0.6) is 0 Å². The van der Waals surface area contributed by atoms with Gasteiger partial charge in [0.15, 0.2) is 5.82 Å². The predicted octanol–water partition coefficient (Wildman–Crippen LogP) is 6.29. The van der Waals surface area contributed by atoms with E-state index in [2.05, 4.69) is 22.1 Å². The molecule has 4 aromatic rings. The highest BCUT2D eigenvalue weighted by molar-refractivity contribution is 5.95. The number of anilines is 3. The summed E-state index contributed by atoms with van der Waals surface area (Å²) in [6, 6.07) is 11.9. The van der Waals surface area contributed by atoms with E-state index in [4.69, 9.17) is 9.97 Å². The number of nitrogens with zero attached hydrogens (tertiary/aromatic N) is 3. The number of rotatable bonds is 5. The third kappa shape index (κ3) is 3.85. The minimum atomic E-state index is -0.769. The maximum absolute atomic E-state index is 14.5. The Balaban J connectivity index is 1.40. The molecule has 2 aromatic carbocycles. The summed E-state index contributed by atoms with van der Waals surface area (Å²) in [6.45, 7) is 2.12. The van der Waals surface area contributed by atoms with Crippen molar-refractivity contribution in [2.24, 2.45) is 17.8 Å². The van der Waals surface area contributed by atoms with E-state index in [0.717, 1.165) is 48.8 Å². The largest absolute Gasteiger partial charge is 0.481 e. The number of benzene rings is 2. The number of H-pyrrole nitrogens is 1. The molecule has 0 saturated heterocycles. The van der Waals surface area contributed by atoms with Gasteiger partial charge in [-0.25, -0.2) is 18.7 Å². The Morgan fingerprint density at radius 2 is 1.82 bits per heavy atom. The molecule has 1 aliphatic heterocycles. The van der Waals surface area contributed by atoms with Crippen molar-refractivity contribution in [1.29, 1.82) is 0 Å². The van der Waals surface area contributed by atoms with Crippen molar-refractivity contribution in [3.63, 3.8) is 0 Å². The number of para-hydroxylation sites is 1. The molecule has 3 aliphatic carbocycles. The first-order valence-electron chi connectivity index (χ1n) is 13.6. The van der Waals surface area contributed by atoms with Crippen LogP contribution in [-0.2, 0) is 11.2 Å². The zero-order chi connectivity index (χ0) is 26.8. The molecule has 0 radical (unpaired) electrons. The van der Waals surface area contributed by atoms with Crippen LogP contribution in [0.2, 0.25) is 0 Å². The summed E-state index contributed by atoms with van der Waals surface area (Å²) >= 11 is 0. The Bertz CT molecular complexity index is 1580. The van der Waals surface area contributed by atoms with Crippen LogP contribution in [0.1, 0.15) is 38.2 Å². The number of carbonyl (C=O) groups is 1. The minimum Gasteiger partial charge on any atom is -0.481 e. The van der Waals surface area contributed by atoms with Gasteiger partial charge < -0.3 is 20.3 Å². The highest BCUT2D eigenvalue weighted by Gasteiger charge is 2.48. The number of carboxylic acid groups (broad SMARTS) is 1. The van der Waals surface area contributed by atoms with Crippen LogP contribution in [0.25, 0.3) is 22.3 Å². The molecule has 0 spiro atoms. The molecule has 2 aromatic heterocycles. The van der Waals surface area contributed by atoms with E-state index in [9.17, 15) is 18.7 Å². The van der Waals surface area contributed by atoms with E-state index in [0.29, 0.717) is 29.0 Å². The van der Waals surface area contributed by atoms with E-state index in [-0.39, 0.29) is 29.4 Å². The van der Waals surface area contributed by atoms with E-state index in [1.807, 2.05) is 30.3 Å². The summed E-state index contributed by atoms with van der Waals surface area (Å²) in [6.07, 6.45) is 6.17. The van der Waals surface area contributed by atoms with Gasteiger partial charge in [-0.2, -0.15) is 0 Å². The molecule has 3 heterocycles. The molecule has 8 rings (SSSR count). The number of hydrogen-bond acceptors (Lipinski definition) is 5. The molecule has 39 heavy (non-hydrogen) atoms. The van der Waals surface area contributed by atoms with E-state index >= 15 is 0 Å². The van der Waals surface area contributed by atoms with Gasteiger partial charge in [-0.15, -0.1) is 0 Å². The van der Waals surface area contributed by atoms with Crippen LogP contribution in [0.15, 0.2) is 48.7 Å². The molecule has 2 bridgehead atoms. The zero-order valence-electron chi connectivity index (χ0n) is 21.5. The molecule has 3 atom stereocenters. The van der Waals surface area contributed by atoms with Gasteiger partial charge in [0.2, 0.25) is 0 Å². The summed E-state index contributed by atoms with van der Waals surface area (Å²) in [5.74, 6) is -0.544. The number of aromatic amines is 1. The second-order valence-electron chi connectivity index (χ2n) is 11.2. The van der Waals surface area contributed by atoms with Crippen LogP contribution in [0.3, 0.4) is 0 Å². The van der Waals surface area contributed by atoms with Gasteiger partial charge in [-0.1, -0.05) is 18.2 Å². The number of aromatic nitrogens is 3. The summed E-state index contributed by atoms with van der Waals surface area (Å²) in [5, 5.41) is 14.1. The molecule has 4 aliphatic rings. The molecule has 7 nitrogen and oxygen atoms in total. The number of nitrogens with one attached hydrogen (secondary N) is 2. The standard InChI is InChI=1S/C30H29F2N5O2/c1-15-11-21-27(34-25-17-9-7-16(8-10-17)24(25)30(38)39)35-28(36-29(21)37(15)19-5-3-2-4-6-19)22-14-33-26-20(22)12-18(31)13-23(26)32/h2-6,12-17,24-25,33H,7-11H2,1H3,(H,38,39)(H,34,35,36). The van der Waals surface area contributed by atoms with E-state index in [1.165, 1.54) is 6.07 Å². The van der Waals surface area contributed by atoms with Crippen molar-refractivity contribution in [3.05, 3.63) is 65.9 Å². The van der Waals surface area contributed by atoms with Crippen molar-refractivity contribution in [1.82, 2.24) is 15.0 Å². The van der Waals surface area contributed by atoms with E-state index < -0.39 is 23.5 Å². The minimum absolute atomic E-state index is 0.0865. The van der Waals surface area contributed by atoms with Crippen molar-refractivity contribution < 1.29 is 18.7 Å². The Morgan fingerprint density at radius 1 is 1.08 bits per heavy atom. The lowest BCUT2D eigenvalue weighted by atomic mass is 9.61. The quantitative estimate of drug-likeness (QED) is 0.281. The molecular weight excluding hydrogens is 500 g/mol. The average molecular weight is 530 g/mol. The molecular formula is C30H29F2N5O2. The molecule has 3 saturated carbocycles. The van der Waals surface area contributed by atoms with Gasteiger partial charge in [0.1, 0.15) is 23.3 Å². The van der Waals surface area contributed by atoms with Crippen LogP contribution < -0.4 is 10.2 Å². The monoisotopic (exact) mass is 529 g/mol. The highest BCUT2D eigenvalue weighted by atomic mass is 19.1. The predicted molar refractivity (Wildman–Crippen MR) is 145 cm³/mol. The fraction of sp³-hybridized carbons (Fsp3) is 0.367. The van der Waals surface area contributed by atoms with Crippen molar-refractivity contribution in [2.75, 3.05) is 10.2 Å². The summed E-state index contributed by atoms with van der Waals surface area (Å²) < 4.78 is 28.8. The second-order valence-corrected chi connectivity index (χ2v) is 11.2. The normalized spacial score (nSPS) is 25.7. The fourth-order valence-electron chi connectivity index (χ4n) is 7.17. The lowest BCUT2D eigenvalue weighted by Crippen LogP contribution is -2.51. The smallest absolute Gasteiger partial charge is 0.308 e. The van der Waals surface area contributed by atoms with Crippen LogP contribution in [0.4, 0.5) is 26.1 Å².